The molecule has 0 saturated heterocycles. The van der Waals surface area contributed by atoms with Gasteiger partial charge in [-0.2, -0.15) is 0 Å². The molecule has 1 N–H and O–H groups in total. The van der Waals surface area contributed by atoms with Gasteiger partial charge in [-0.3, -0.25) is 4.79 Å². The predicted octanol–water partition coefficient (Wildman–Crippen LogP) is 3.05. The number of amides is 1. The summed E-state index contributed by atoms with van der Waals surface area (Å²) >= 11 is 0. The zero-order valence-electron chi connectivity index (χ0n) is 13.1. The molecule has 0 spiro atoms. The summed E-state index contributed by atoms with van der Waals surface area (Å²) in [6.07, 6.45) is 2.79. The van der Waals surface area contributed by atoms with Crippen LogP contribution in [0.5, 0.6) is 0 Å². The highest BCUT2D eigenvalue weighted by Gasteiger charge is 2.13. The van der Waals surface area contributed by atoms with Crippen LogP contribution in [0.4, 0.5) is 5.69 Å². The first kappa shape index (κ1) is 15.0. The Kier molecular flexibility index (Phi) is 4.23. The number of nitrogens with zero attached hydrogens (tertiary/aromatic N) is 3. The molecule has 0 unspecified atom stereocenters. The number of benzene rings is 1. The molecule has 0 radical (unpaired) electrons. The fourth-order valence-electron chi connectivity index (χ4n) is 2.33. The summed E-state index contributed by atoms with van der Waals surface area (Å²) < 4.78 is 7.20. The van der Waals surface area contributed by atoms with Crippen molar-refractivity contribution in [3.05, 3.63) is 54.0 Å². The Morgan fingerprint density at radius 1 is 1.22 bits per heavy atom. The van der Waals surface area contributed by atoms with E-state index in [-0.39, 0.29) is 12.5 Å². The molecule has 1 aromatic carbocycles. The van der Waals surface area contributed by atoms with Gasteiger partial charge in [-0.25, -0.2) is 0 Å². The lowest BCUT2D eigenvalue weighted by Gasteiger charge is -2.08. The summed E-state index contributed by atoms with van der Waals surface area (Å²) in [7, 11) is 0. The Morgan fingerprint density at radius 3 is 2.65 bits per heavy atom. The molecule has 23 heavy (non-hydrogen) atoms. The second-order valence-corrected chi connectivity index (χ2v) is 5.25. The zero-order chi connectivity index (χ0) is 16.2. The van der Waals surface area contributed by atoms with E-state index in [9.17, 15) is 4.79 Å². The summed E-state index contributed by atoms with van der Waals surface area (Å²) in [6, 6.07) is 11.5. The van der Waals surface area contributed by atoms with Crippen LogP contribution in [0.15, 0.2) is 47.0 Å². The average Bonchev–Trinajstić information content (AvgIpc) is 3.16. The van der Waals surface area contributed by atoms with Gasteiger partial charge in [0.25, 0.3) is 5.89 Å². The second-order valence-electron chi connectivity index (χ2n) is 5.25. The van der Waals surface area contributed by atoms with Crippen LogP contribution < -0.4 is 5.32 Å². The standard InChI is InChI=1S/C17H18N4O2/c1-3-13-6-8-14(9-7-13)18-16(22)11-21-10-4-5-15(21)17-20-19-12(2)23-17/h4-10H,3,11H2,1-2H3,(H,18,22). The summed E-state index contributed by atoms with van der Waals surface area (Å²) in [5.41, 5.74) is 2.75. The van der Waals surface area contributed by atoms with Gasteiger partial charge in [0.1, 0.15) is 12.2 Å². The van der Waals surface area contributed by atoms with Gasteiger partial charge in [-0.05, 0) is 36.2 Å². The summed E-state index contributed by atoms with van der Waals surface area (Å²) in [6.45, 7) is 4.01. The number of carbonyl (C=O) groups is 1. The fourth-order valence-corrected chi connectivity index (χ4v) is 2.33. The van der Waals surface area contributed by atoms with Crippen LogP contribution in [0.25, 0.3) is 11.6 Å². The van der Waals surface area contributed by atoms with E-state index in [0.717, 1.165) is 17.8 Å². The highest BCUT2D eigenvalue weighted by Crippen LogP contribution is 2.18. The molecule has 0 bridgehead atoms. The number of hydrogen-bond donors (Lipinski definition) is 1. The van der Waals surface area contributed by atoms with Gasteiger partial charge in [-0.15, -0.1) is 10.2 Å². The molecule has 0 aliphatic rings. The lowest BCUT2D eigenvalue weighted by Crippen LogP contribution is -2.18. The first-order chi connectivity index (χ1) is 11.2. The normalized spacial score (nSPS) is 10.7. The van der Waals surface area contributed by atoms with Crippen LogP contribution in [-0.2, 0) is 17.8 Å². The minimum Gasteiger partial charge on any atom is -0.420 e. The maximum atomic E-state index is 12.2. The predicted molar refractivity (Wildman–Crippen MR) is 86.9 cm³/mol. The monoisotopic (exact) mass is 310 g/mol. The Balaban J connectivity index is 1.69. The number of carbonyl (C=O) groups excluding carboxylic acids is 1. The molecule has 0 saturated carbocycles. The summed E-state index contributed by atoms with van der Waals surface area (Å²) in [5.74, 6) is 0.795. The Labute approximate surface area is 134 Å². The van der Waals surface area contributed by atoms with Crippen molar-refractivity contribution in [3.8, 4) is 11.6 Å². The van der Waals surface area contributed by atoms with E-state index in [4.69, 9.17) is 4.42 Å². The van der Waals surface area contributed by atoms with Crippen molar-refractivity contribution in [1.82, 2.24) is 14.8 Å². The van der Waals surface area contributed by atoms with E-state index < -0.39 is 0 Å². The van der Waals surface area contributed by atoms with Crippen molar-refractivity contribution in [3.63, 3.8) is 0 Å². The van der Waals surface area contributed by atoms with Crippen LogP contribution in [-0.4, -0.2) is 20.7 Å². The van der Waals surface area contributed by atoms with E-state index in [1.54, 1.807) is 11.5 Å². The van der Waals surface area contributed by atoms with Crippen molar-refractivity contribution >= 4 is 11.6 Å². The fraction of sp³-hybridized carbons (Fsp3) is 0.235. The van der Waals surface area contributed by atoms with Crippen molar-refractivity contribution in [2.75, 3.05) is 5.32 Å². The van der Waals surface area contributed by atoms with E-state index in [2.05, 4.69) is 22.4 Å². The number of nitrogens with one attached hydrogen (secondary N) is 1. The molecular formula is C17H18N4O2. The molecule has 3 rings (SSSR count). The lowest BCUT2D eigenvalue weighted by atomic mass is 10.1. The van der Waals surface area contributed by atoms with E-state index in [1.165, 1.54) is 5.56 Å². The Hall–Kier alpha value is -2.89. The third-order valence-corrected chi connectivity index (χ3v) is 3.53. The maximum Gasteiger partial charge on any atom is 0.264 e. The van der Waals surface area contributed by atoms with Gasteiger partial charge in [-0.1, -0.05) is 19.1 Å². The van der Waals surface area contributed by atoms with Crippen molar-refractivity contribution in [1.29, 1.82) is 0 Å². The molecule has 0 aliphatic heterocycles. The highest BCUT2D eigenvalue weighted by atomic mass is 16.4. The van der Waals surface area contributed by atoms with Crippen molar-refractivity contribution in [2.24, 2.45) is 0 Å². The molecule has 0 atom stereocenters. The van der Waals surface area contributed by atoms with Crippen molar-refractivity contribution in [2.45, 2.75) is 26.8 Å². The lowest BCUT2D eigenvalue weighted by molar-refractivity contribution is -0.116. The number of anilines is 1. The third-order valence-electron chi connectivity index (χ3n) is 3.53. The van der Waals surface area contributed by atoms with Crippen LogP contribution in [0.2, 0.25) is 0 Å². The van der Waals surface area contributed by atoms with Crippen LogP contribution in [0.3, 0.4) is 0 Å². The third kappa shape index (κ3) is 3.48. The number of aryl methyl sites for hydroxylation is 2. The molecule has 1 amide bonds. The van der Waals surface area contributed by atoms with Gasteiger partial charge < -0.3 is 14.3 Å². The molecule has 6 nitrogen and oxygen atoms in total. The first-order valence-corrected chi connectivity index (χ1v) is 7.50. The van der Waals surface area contributed by atoms with E-state index >= 15 is 0 Å². The van der Waals surface area contributed by atoms with Crippen LogP contribution >= 0.6 is 0 Å². The quantitative estimate of drug-likeness (QED) is 0.786. The largest absolute Gasteiger partial charge is 0.420 e. The summed E-state index contributed by atoms with van der Waals surface area (Å²) in [5, 5.41) is 10.7. The van der Waals surface area contributed by atoms with Gasteiger partial charge in [0, 0.05) is 18.8 Å². The average molecular weight is 310 g/mol. The van der Waals surface area contributed by atoms with Gasteiger partial charge in [0.05, 0.1) is 0 Å². The number of hydrogen-bond acceptors (Lipinski definition) is 4. The van der Waals surface area contributed by atoms with Crippen LogP contribution in [0, 0.1) is 6.92 Å². The first-order valence-electron chi connectivity index (χ1n) is 7.50. The topological polar surface area (TPSA) is 73.0 Å². The number of aromatic nitrogens is 3. The smallest absolute Gasteiger partial charge is 0.264 e. The molecule has 2 aromatic heterocycles. The Bertz CT molecular complexity index is 802. The Morgan fingerprint density at radius 2 is 2.00 bits per heavy atom. The minimum atomic E-state index is -0.108. The molecule has 0 fully saturated rings. The van der Waals surface area contributed by atoms with E-state index in [1.807, 2.05) is 42.6 Å². The van der Waals surface area contributed by atoms with E-state index in [0.29, 0.717) is 11.8 Å². The maximum absolute atomic E-state index is 12.2. The minimum absolute atomic E-state index is 0.108. The molecular weight excluding hydrogens is 292 g/mol. The molecule has 118 valence electrons. The van der Waals surface area contributed by atoms with Crippen LogP contribution in [0.1, 0.15) is 18.4 Å². The zero-order valence-corrected chi connectivity index (χ0v) is 13.1. The van der Waals surface area contributed by atoms with Gasteiger partial charge >= 0.3 is 0 Å². The highest BCUT2D eigenvalue weighted by molar-refractivity contribution is 5.90. The van der Waals surface area contributed by atoms with Crippen molar-refractivity contribution < 1.29 is 9.21 Å². The van der Waals surface area contributed by atoms with Gasteiger partial charge in [0.15, 0.2) is 0 Å². The van der Waals surface area contributed by atoms with Gasteiger partial charge in [0.2, 0.25) is 11.8 Å². The number of rotatable bonds is 5. The molecule has 0 aliphatic carbocycles. The molecule has 2 heterocycles. The summed E-state index contributed by atoms with van der Waals surface area (Å²) in [4.78, 5) is 12.2. The SMILES string of the molecule is CCc1ccc(NC(=O)Cn2cccc2-c2nnc(C)o2)cc1. The molecule has 6 heteroatoms. The second kappa shape index (κ2) is 6.48. The molecule has 3 aromatic rings.